The maximum atomic E-state index is 4.51. The van der Waals surface area contributed by atoms with Crippen LogP contribution in [0.2, 0.25) is 0 Å². The van der Waals surface area contributed by atoms with Gasteiger partial charge < -0.3 is 5.32 Å². The van der Waals surface area contributed by atoms with Crippen LogP contribution in [0.3, 0.4) is 0 Å². The monoisotopic (exact) mass is 323 g/mol. The lowest BCUT2D eigenvalue weighted by Crippen LogP contribution is -1.99. The van der Waals surface area contributed by atoms with Crippen molar-refractivity contribution in [2.45, 2.75) is 0 Å². The van der Waals surface area contributed by atoms with Gasteiger partial charge >= 0.3 is 0 Å². The number of hydrogen-bond acceptors (Lipinski definition) is 3. The normalized spacial score (nSPS) is 10.4. The van der Waals surface area contributed by atoms with E-state index in [-0.39, 0.29) is 0 Å². The van der Waals surface area contributed by atoms with E-state index >= 15 is 0 Å². The number of nitrogens with one attached hydrogen (secondary N) is 1. The molecule has 0 atom stereocenters. The third-order valence-corrected chi connectivity index (χ3v) is 3.97. The highest BCUT2D eigenvalue weighted by Gasteiger charge is 2.11. The fraction of sp³-hybridized carbons (Fsp3) is 0. The number of anilines is 2. The van der Waals surface area contributed by atoms with Gasteiger partial charge in [0.1, 0.15) is 5.69 Å². The summed E-state index contributed by atoms with van der Waals surface area (Å²) in [6.07, 6.45) is 0. The van der Waals surface area contributed by atoms with Crippen LogP contribution in [0.4, 0.5) is 11.5 Å². The minimum Gasteiger partial charge on any atom is -0.339 e. The molecular formula is C22H17N3. The van der Waals surface area contributed by atoms with Gasteiger partial charge in [-0.3, -0.25) is 0 Å². The Bertz CT molecular complexity index is 952. The van der Waals surface area contributed by atoms with Crippen molar-refractivity contribution >= 4 is 11.5 Å². The molecule has 0 saturated heterocycles. The molecule has 120 valence electrons. The molecule has 3 heteroatoms. The maximum Gasteiger partial charge on any atom is 0.153 e. The Balaban J connectivity index is 1.80. The van der Waals surface area contributed by atoms with E-state index in [4.69, 9.17) is 0 Å². The zero-order chi connectivity index (χ0) is 16.9. The summed E-state index contributed by atoms with van der Waals surface area (Å²) in [5, 5.41) is 12.2. The van der Waals surface area contributed by atoms with E-state index in [0.717, 1.165) is 33.9 Å². The van der Waals surface area contributed by atoms with Crippen LogP contribution < -0.4 is 5.32 Å². The van der Waals surface area contributed by atoms with Crippen molar-refractivity contribution < 1.29 is 0 Å². The van der Waals surface area contributed by atoms with Crippen LogP contribution in [0.15, 0.2) is 97.1 Å². The first kappa shape index (κ1) is 15.1. The molecule has 0 fully saturated rings. The largest absolute Gasteiger partial charge is 0.339 e. The van der Waals surface area contributed by atoms with E-state index < -0.39 is 0 Å². The Morgan fingerprint density at radius 2 is 1.12 bits per heavy atom. The third-order valence-electron chi connectivity index (χ3n) is 3.97. The predicted molar refractivity (Wildman–Crippen MR) is 103 cm³/mol. The first-order chi connectivity index (χ1) is 12.4. The van der Waals surface area contributed by atoms with Gasteiger partial charge in [0.25, 0.3) is 0 Å². The quantitative estimate of drug-likeness (QED) is 0.535. The van der Waals surface area contributed by atoms with Crippen LogP contribution in [-0.2, 0) is 0 Å². The highest BCUT2D eigenvalue weighted by molar-refractivity contribution is 5.82. The molecular weight excluding hydrogens is 306 g/mol. The molecule has 0 bridgehead atoms. The molecule has 1 heterocycles. The Morgan fingerprint density at radius 3 is 1.76 bits per heavy atom. The van der Waals surface area contributed by atoms with Crippen molar-refractivity contribution in [2.75, 3.05) is 5.32 Å². The van der Waals surface area contributed by atoms with E-state index in [2.05, 4.69) is 45.8 Å². The van der Waals surface area contributed by atoms with Crippen LogP contribution >= 0.6 is 0 Å². The molecule has 1 aromatic heterocycles. The van der Waals surface area contributed by atoms with Crippen molar-refractivity contribution in [3.8, 4) is 22.4 Å². The van der Waals surface area contributed by atoms with Gasteiger partial charge in [0.15, 0.2) is 5.82 Å². The predicted octanol–water partition coefficient (Wildman–Crippen LogP) is 5.55. The second-order valence-electron chi connectivity index (χ2n) is 5.71. The topological polar surface area (TPSA) is 37.8 Å². The molecule has 3 nitrogen and oxygen atoms in total. The Labute approximate surface area is 147 Å². The first-order valence-corrected chi connectivity index (χ1v) is 8.21. The lowest BCUT2D eigenvalue weighted by molar-refractivity contribution is 1.04. The minimum absolute atomic E-state index is 0.727. The van der Waals surface area contributed by atoms with Gasteiger partial charge in [0.05, 0.1) is 0 Å². The third kappa shape index (κ3) is 3.40. The molecule has 25 heavy (non-hydrogen) atoms. The molecule has 4 rings (SSSR count). The summed E-state index contributed by atoms with van der Waals surface area (Å²) < 4.78 is 0. The van der Waals surface area contributed by atoms with Gasteiger partial charge in [-0.15, -0.1) is 10.2 Å². The van der Waals surface area contributed by atoms with Gasteiger partial charge in [0.2, 0.25) is 0 Å². The second-order valence-corrected chi connectivity index (χ2v) is 5.71. The van der Waals surface area contributed by atoms with Gasteiger partial charge in [-0.05, 0) is 23.8 Å². The van der Waals surface area contributed by atoms with Crippen LogP contribution in [0.25, 0.3) is 22.4 Å². The molecule has 0 aliphatic carbocycles. The SMILES string of the molecule is c1ccc(Nc2cc(-c3ccccc3)c(-c3ccccc3)nn2)cc1. The molecule has 0 aliphatic rings. The summed E-state index contributed by atoms with van der Waals surface area (Å²) in [7, 11) is 0. The average molecular weight is 323 g/mol. The molecule has 4 aromatic rings. The fourth-order valence-electron chi connectivity index (χ4n) is 2.77. The molecule has 0 unspecified atom stereocenters. The van der Waals surface area contributed by atoms with Crippen molar-refractivity contribution in [2.24, 2.45) is 0 Å². The summed E-state index contributed by atoms with van der Waals surface area (Å²) in [6, 6.07) is 32.5. The number of nitrogens with zero attached hydrogens (tertiary/aromatic N) is 2. The van der Waals surface area contributed by atoms with E-state index in [9.17, 15) is 0 Å². The lowest BCUT2D eigenvalue weighted by Gasteiger charge is -2.11. The number of aromatic nitrogens is 2. The van der Waals surface area contributed by atoms with Crippen molar-refractivity contribution in [1.82, 2.24) is 10.2 Å². The Hall–Kier alpha value is -3.46. The highest BCUT2D eigenvalue weighted by Crippen LogP contribution is 2.31. The lowest BCUT2D eigenvalue weighted by atomic mass is 10.00. The Kier molecular flexibility index (Phi) is 4.21. The number of para-hydroxylation sites is 1. The van der Waals surface area contributed by atoms with Gasteiger partial charge in [-0.2, -0.15) is 0 Å². The van der Waals surface area contributed by atoms with E-state index in [0.29, 0.717) is 0 Å². The standard InChI is InChI=1S/C22H17N3/c1-4-10-17(11-5-1)20-16-21(23-19-14-8-3-9-15-19)24-25-22(20)18-12-6-2-7-13-18/h1-16H,(H,23,24). The zero-order valence-corrected chi connectivity index (χ0v) is 13.6. The van der Waals surface area contributed by atoms with Crippen LogP contribution in [0.1, 0.15) is 0 Å². The molecule has 0 saturated carbocycles. The summed E-state index contributed by atoms with van der Waals surface area (Å²) in [6.45, 7) is 0. The molecule has 1 N–H and O–H groups in total. The van der Waals surface area contributed by atoms with Gasteiger partial charge in [-0.1, -0.05) is 78.9 Å². The molecule has 3 aromatic carbocycles. The molecule has 0 aliphatic heterocycles. The number of benzene rings is 3. The summed E-state index contributed by atoms with van der Waals surface area (Å²) in [4.78, 5) is 0. The maximum absolute atomic E-state index is 4.51. The van der Waals surface area contributed by atoms with E-state index in [1.807, 2.05) is 66.7 Å². The van der Waals surface area contributed by atoms with Crippen molar-refractivity contribution in [1.29, 1.82) is 0 Å². The van der Waals surface area contributed by atoms with Crippen LogP contribution in [-0.4, -0.2) is 10.2 Å². The van der Waals surface area contributed by atoms with Crippen molar-refractivity contribution in [3.05, 3.63) is 97.1 Å². The van der Waals surface area contributed by atoms with Crippen LogP contribution in [0, 0.1) is 0 Å². The summed E-state index contributed by atoms with van der Waals surface area (Å²) in [5.74, 6) is 0.727. The summed E-state index contributed by atoms with van der Waals surface area (Å²) >= 11 is 0. The fourth-order valence-corrected chi connectivity index (χ4v) is 2.77. The Morgan fingerprint density at radius 1 is 0.560 bits per heavy atom. The van der Waals surface area contributed by atoms with Crippen molar-refractivity contribution in [3.63, 3.8) is 0 Å². The highest BCUT2D eigenvalue weighted by atomic mass is 15.2. The minimum atomic E-state index is 0.727. The zero-order valence-electron chi connectivity index (χ0n) is 13.6. The van der Waals surface area contributed by atoms with Crippen LogP contribution in [0.5, 0.6) is 0 Å². The number of rotatable bonds is 4. The first-order valence-electron chi connectivity index (χ1n) is 8.21. The van der Waals surface area contributed by atoms with Gasteiger partial charge in [-0.25, -0.2) is 0 Å². The molecule has 0 spiro atoms. The average Bonchev–Trinajstić information content (AvgIpc) is 2.70. The van der Waals surface area contributed by atoms with Gasteiger partial charge in [0, 0.05) is 16.8 Å². The number of hydrogen-bond donors (Lipinski definition) is 1. The summed E-state index contributed by atoms with van der Waals surface area (Å²) in [5.41, 5.74) is 5.10. The van der Waals surface area contributed by atoms with E-state index in [1.54, 1.807) is 0 Å². The van der Waals surface area contributed by atoms with E-state index in [1.165, 1.54) is 0 Å². The molecule has 0 radical (unpaired) electrons. The molecule has 0 amide bonds. The second kappa shape index (κ2) is 6.97. The smallest absolute Gasteiger partial charge is 0.153 e.